The summed E-state index contributed by atoms with van der Waals surface area (Å²) in [5.74, 6) is 0.267. The lowest BCUT2D eigenvalue weighted by Gasteiger charge is -2.24. The van der Waals surface area contributed by atoms with Crippen LogP contribution in [0.2, 0.25) is 5.02 Å². The molecule has 0 saturated heterocycles. The van der Waals surface area contributed by atoms with Gasteiger partial charge in [-0.1, -0.05) is 66.2 Å². The van der Waals surface area contributed by atoms with Crippen molar-refractivity contribution in [3.8, 4) is 11.1 Å². The van der Waals surface area contributed by atoms with Crippen LogP contribution in [0.4, 0.5) is 9.59 Å². The van der Waals surface area contributed by atoms with Crippen LogP contribution < -0.4 is 16.2 Å². The van der Waals surface area contributed by atoms with Gasteiger partial charge in [0.2, 0.25) is 0 Å². The fourth-order valence-electron chi connectivity index (χ4n) is 5.66. The molecule has 10 heteroatoms. The number of ether oxygens (including phenoxy) is 2. The predicted molar refractivity (Wildman–Crippen MR) is 171 cm³/mol. The lowest BCUT2D eigenvalue weighted by atomic mass is 9.98. The van der Waals surface area contributed by atoms with Crippen LogP contribution in [0.15, 0.2) is 71.5 Å². The van der Waals surface area contributed by atoms with E-state index in [0.29, 0.717) is 23.1 Å². The number of nitrogens with one attached hydrogen (secondary N) is 2. The smallest absolute Gasteiger partial charge is 0.407 e. The van der Waals surface area contributed by atoms with E-state index in [-0.39, 0.29) is 29.7 Å². The summed E-state index contributed by atoms with van der Waals surface area (Å²) in [6.07, 6.45) is -0.755. The molecule has 2 amide bonds. The van der Waals surface area contributed by atoms with E-state index in [4.69, 9.17) is 26.1 Å². The van der Waals surface area contributed by atoms with E-state index in [1.807, 2.05) is 31.2 Å². The highest BCUT2D eigenvalue weighted by atomic mass is 35.5. The standard InChI is InChI=1S/C34H37ClN4O5/c1-20(17-18-36-32(41)44-34(3,4)5)39-30(38-28-16-10-15-27(35)29(28)31(39)40)21(2)37-33(42)43-19-26-24-13-8-6-11-22(24)23-12-7-9-14-25(23)26/h6-16,20-21,26H,17-19H2,1-5H3,(H,36,41)(H,37,42)/t20?,21-/m0/s1. The normalized spacial score (nSPS) is 14.0. The number of fused-ring (bicyclic) bond motifs is 4. The fourth-order valence-corrected chi connectivity index (χ4v) is 5.91. The summed E-state index contributed by atoms with van der Waals surface area (Å²) in [6.45, 7) is 9.39. The third kappa shape index (κ3) is 6.58. The molecule has 1 aliphatic rings. The molecule has 9 nitrogen and oxygen atoms in total. The van der Waals surface area contributed by atoms with Crippen LogP contribution >= 0.6 is 11.6 Å². The zero-order valence-electron chi connectivity index (χ0n) is 25.5. The highest BCUT2D eigenvalue weighted by molar-refractivity contribution is 6.35. The van der Waals surface area contributed by atoms with Crippen LogP contribution in [0.3, 0.4) is 0 Å². The van der Waals surface area contributed by atoms with Crippen molar-refractivity contribution in [2.75, 3.05) is 13.2 Å². The monoisotopic (exact) mass is 616 g/mol. The van der Waals surface area contributed by atoms with Crippen molar-refractivity contribution in [1.29, 1.82) is 0 Å². The molecule has 0 bridgehead atoms. The van der Waals surface area contributed by atoms with Gasteiger partial charge in [0.25, 0.3) is 5.56 Å². The summed E-state index contributed by atoms with van der Waals surface area (Å²) >= 11 is 6.42. The second-order valence-electron chi connectivity index (χ2n) is 12.0. The highest BCUT2D eigenvalue weighted by Gasteiger charge is 2.30. The first-order valence-electron chi connectivity index (χ1n) is 14.7. The Morgan fingerprint density at radius 1 is 0.955 bits per heavy atom. The number of alkyl carbamates (subject to hydrolysis) is 2. The van der Waals surface area contributed by atoms with Crippen LogP contribution in [0, 0.1) is 0 Å². The topological polar surface area (TPSA) is 112 Å². The maximum atomic E-state index is 13.8. The van der Waals surface area contributed by atoms with E-state index in [1.54, 1.807) is 45.9 Å². The van der Waals surface area contributed by atoms with E-state index in [9.17, 15) is 14.4 Å². The van der Waals surface area contributed by atoms with E-state index >= 15 is 0 Å². The minimum absolute atomic E-state index is 0.0833. The van der Waals surface area contributed by atoms with Crippen molar-refractivity contribution in [2.45, 2.75) is 64.6 Å². The van der Waals surface area contributed by atoms with Crippen LogP contribution in [0.25, 0.3) is 22.0 Å². The SMILES string of the molecule is CC(CCNC(=O)OC(C)(C)C)n1c([C@H](C)NC(=O)OCC2c3ccccc3-c3ccccc32)nc2cccc(Cl)c2c1=O. The van der Waals surface area contributed by atoms with Crippen LogP contribution in [-0.4, -0.2) is 40.5 Å². The van der Waals surface area contributed by atoms with Gasteiger partial charge in [-0.05, 0) is 75.4 Å². The molecule has 1 aliphatic carbocycles. The summed E-state index contributed by atoms with van der Waals surface area (Å²) in [7, 11) is 0. The molecule has 5 rings (SSSR count). The minimum Gasteiger partial charge on any atom is -0.449 e. The number of hydrogen-bond acceptors (Lipinski definition) is 6. The molecular weight excluding hydrogens is 580 g/mol. The van der Waals surface area contributed by atoms with Gasteiger partial charge in [0.05, 0.1) is 22.0 Å². The number of aromatic nitrogens is 2. The summed E-state index contributed by atoms with van der Waals surface area (Å²) in [4.78, 5) is 43.8. The number of hydrogen-bond donors (Lipinski definition) is 2. The fraction of sp³-hybridized carbons (Fsp3) is 0.353. The molecule has 1 aromatic heterocycles. The number of nitrogens with zero attached hydrogens (tertiary/aromatic N) is 2. The van der Waals surface area contributed by atoms with Gasteiger partial charge >= 0.3 is 12.2 Å². The number of rotatable bonds is 8. The van der Waals surface area contributed by atoms with E-state index < -0.39 is 29.9 Å². The third-order valence-corrected chi connectivity index (χ3v) is 7.96. The molecule has 2 N–H and O–H groups in total. The maximum absolute atomic E-state index is 13.8. The summed E-state index contributed by atoms with van der Waals surface area (Å²) < 4.78 is 12.6. The van der Waals surface area contributed by atoms with Crippen molar-refractivity contribution >= 4 is 34.7 Å². The van der Waals surface area contributed by atoms with Gasteiger partial charge in [-0.3, -0.25) is 9.36 Å². The lowest BCUT2D eigenvalue weighted by molar-refractivity contribution is 0.0525. The Morgan fingerprint density at radius 2 is 1.59 bits per heavy atom. The number of amides is 2. The average molecular weight is 617 g/mol. The molecule has 2 atom stereocenters. The molecule has 0 radical (unpaired) electrons. The van der Waals surface area contributed by atoms with E-state index in [1.165, 1.54) is 4.57 Å². The van der Waals surface area contributed by atoms with Crippen molar-refractivity contribution in [3.63, 3.8) is 0 Å². The number of halogens is 1. The molecule has 44 heavy (non-hydrogen) atoms. The number of carbonyl (C=O) groups is 2. The summed E-state index contributed by atoms with van der Waals surface area (Å²) in [5.41, 5.74) is 3.98. The molecule has 3 aromatic carbocycles. The molecule has 230 valence electrons. The maximum Gasteiger partial charge on any atom is 0.407 e. The molecular formula is C34H37ClN4O5. The zero-order chi connectivity index (χ0) is 31.6. The molecule has 0 aliphatic heterocycles. The third-order valence-electron chi connectivity index (χ3n) is 7.64. The van der Waals surface area contributed by atoms with Crippen molar-refractivity contribution in [1.82, 2.24) is 20.2 Å². The predicted octanol–water partition coefficient (Wildman–Crippen LogP) is 7.13. The lowest BCUT2D eigenvalue weighted by Crippen LogP contribution is -2.37. The summed E-state index contributed by atoms with van der Waals surface area (Å²) in [5, 5.41) is 6.18. The zero-order valence-corrected chi connectivity index (χ0v) is 26.3. The second-order valence-corrected chi connectivity index (χ2v) is 12.4. The van der Waals surface area contributed by atoms with Crippen LogP contribution in [0.5, 0.6) is 0 Å². The Morgan fingerprint density at radius 3 is 2.23 bits per heavy atom. The van der Waals surface area contributed by atoms with Crippen molar-refractivity contribution in [2.24, 2.45) is 0 Å². The van der Waals surface area contributed by atoms with Crippen molar-refractivity contribution < 1.29 is 19.1 Å². The first kappa shape index (κ1) is 31.1. The molecule has 1 unspecified atom stereocenters. The quantitative estimate of drug-likeness (QED) is 0.218. The Bertz CT molecular complexity index is 1720. The molecule has 0 fully saturated rings. The Kier molecular flexibility index (Phi) is 8.97. The first-order chi connectivity index (χ1) is 20.9. The average Bonchev–Trinajstić information content (AvgIpc) is 3.28. The molecule has 0 spiro atoms. The van der Waals surface area contributed by atoms with Crippen LogP contribution in [-0.2, 0) is 9.47 Å². The highest BCUT2D eigenvalue weighted by Crippen LogP contribution is 2.44. The van der Waals surface area contributed by atoms with Gasteiger partial charge in [0, 0.05) is 18.5 Å². The number of carbonyl (C=O) groups excluding carboxylic acids is 2. The Hall–Kier alpha value is -4.37. The first-order valence-corrected chi connectivity index (χ1v) is 15.1. The molecule has 1 heterocycles. The Balaban J connectivity index is 1.34. The molecule has 4 aromatic rings. The van der Waals surface area contributed by atoms with Gasteiger partial charge in [0.1, 0.15) is 18.0 Å². The minimum atomic E-state index is -0.678. The Labute approximate surface area is 261 Å². The van der Waals surface area contributed by atoms with Crippen molar-refractivity contribution in [3.05, 3.63) is 99.1 Å². The van der Waals surface area contributed by atoms with Gasteiger partial charge in [0.15, 0.2) is 0 Å². The largest absolute Gasteiger partial charge is 0.449 e. The van der Waals surface area contributed by atoms with Crippen LogP contribution in [0.1, 0.15) is 76.0 Å². The number of benzene rings is 3. The van der Waals surface area contributed by atoms with Gasteiger partial charge in [-0.15, -0.1) is 0 Å². The summed E-state index contributed by atoms with van der Waals surface area (Å²) in [6, 6.07) is 20.3. The van der Waals surface area contributed by atoms with E-state index in [0.717, 1.165) is 22.3 Å². The van der Waals surface area contributed by atoms with E-state index in [2.05, 4.69) is 34.9 Å². The van der Waals surface area contributed by atoms with Gasteiger partial charge in [-0.2, -0.15) is 0 Å². The molecule has 0 saturated carbocycles. The van der Waals surface area contributed by atoms with Gasteiger partial charge in [-0.25, -0.2) is 14.6 Å². The van der Waals surface area contributed by atoms with Gasteiger partial charge < -0.3 is 20.1 Å². The second kappa shape index (κ2) is 12.7.